The Bertz CT molecular complexity index is 2450. The van der Waals surface area contributed by atoms with E-state index in [0.717, 1.165) is 97.4 Å². The van der Waals surface area contributed by atoms with E-state index in [1.165, 1.54) is 4.90 Å². The first-order valence-corrected chi connectivity index (χ1v) is 23.8. The summed E-state index contributed by atoms with van der Waals surface area (Å²) in [6, 6.07) is 15.4. The number of nitrogens with zero attached hydrogens (tertiary/aromatic N) is 7. The van der Waals surface area contributed by atoms with Gasteiger partial charge in [-0.25, -0.2) is 4.98 Å². The number of aryl methyl sites for hydroxylation is 1. The molecule has 15 nitrogen and oxygen atoms in total. The second-order valence-electron chi connectivity index (χ2n) is 19.2. The summed E-state index contributed by atoms with van der Waals surface area (Å²) in [5, 5.41) is 40.2. The predicted octanol–water partition coefficient (Wildman–Crippen LogP) is 6.37. The van der Waals surface area contributed by atoms with Crippen molar-refractivity contribution in [1.82, 2.24) is 45.4 Å². The first kappa shape index (κ1) is 45.8. The number of para-hydroxylation sites is 1. The second-order valence-corrected chi connectivity index (χ2v) is 20.1. The highest BCUT2D eigenvalue weighted by molar-refractivity contribution is 7.13. The van der Waals surface area contributed by atoms with Gasteiger partial charge in [0.05, 0.1) is 40.1 Å². The molecule has 2 aromatic carbocycles. The Morgan fingerprint density at radius 2 is 1.68 bits per heavy atom. The van der Waals surface area contributed by atoms with Crippen molar-refractivity contribution < 1.29 is 24.6 Å². The van der Waals surface area contributed by atoms with Crippen molar-refractivity contribution in [3.63, 3.8) is 0 Å². The number of amides is 3. The Labute approximate surface area is 384 Å². The number of phenols is 1. The molecule has 3 atom stereocenters. The number of likely N-dealkylation sites (tertiary alicyclic amines) is 2. The van der Waals surface area contributed by atoms with E-state index < -0.39 is 23.6 Å². The van der Waals surface area contributed by atoms with Crippen molar-refractivity contribution in [2.45, 2.75) is 110 Å². The molecule has 65 heavy (non-hydrogen) atoms. The molecule has 3 amide bonds. The summed E-state index contributed by atoms with van der Waals surface area (Å²) in [6.07, 6.45) is 9.68. The van der Waals surface area contributed by atoms with Crippen LogP contribution in [0.2, 0.25) is 0 Å². The van der Waals surface area contributed by atoms with Crippen LogP contribution in [-0.4, -0.2) is 107 Å². The van der Waals surface area contributed by atoms with E-state index in [1.54, 1.807) is 29.5 Å². The lowest BCUT2D eigenvalue weighted by atomic mass is 9.79. The van der Waals surface area contributed by atoms with Crippen LogP contribution >= 0.6 is 11.3 Å². The van der Waals surface area contributed by atoms with Gasteiger partial charge in [-0.15, -0.1) is 21.5 Å². The van der Waals surface area contributed by atoms with Gasteiger partial charge in [0.2, 0.25) is 17.7 Å². The zero-order valence-electron chi connectivity index (χ0n) is 37.8. The first-order valence-electron chi connectivity index (χ1n) is 23.0. The van der Waals surface area contributed by atoms with Gasteiger partial charge in [0.15, 0.2) is 5.82 Å². The standard InChI is InChI=1S/C49H62N10O5S/c1-30-43(65-29-52-30)33-13-11-32(12-14-33)25-51-47(63)41-23-37(60)28-58(41)48(64)44(49(2,3)4)54-46(62)34-15-9-31(10-16-34)17-20-57-21-18-36(19-22-57)59-27-35(26-53-59)39-24-40(55-56-45(39)50)38-7-5-6-8-42(38)61/h5-8,11-14,24,26-27,29,31,34,36-37,41,44,60-61H,9-10,15-23,25,28H2,1-4H3,(H2,50,56)(H,51,63)(H,54,62)/t31-,34-,37-,41+,44-/m1/s1. The SMILES string of the molecule is Cc1ncsc1-c1ccc(CNC(=O)[C@@H]2C[C@@H](O)CN2C(=O)[C@@H](NC(=O)[C@H]2CC[C@H](CCN3CCC(n4cc(-c5cc(-c6ccccc6O)nnc5N)cn4)CC3)CC2)C(C)(C)C)cc1. The van der Waals surface area contributed by atoms with Gasteiger partial charge in [-0.05, 0) is 99.1 Å². The molecule has 5 heterocycles. The van der Waals surface area contributed by atoms with Crippen molar-refractivity contribution in [2.75, 3.05) is 31.9 Å². The van der Waals surface area contributed by atoms with E-state index in [1.807, 2.05) is 86.7 Å². The normalized spacial score (nSPS) is 21.3. The smallest absolute Gasteiger partial charge is 0.246 e. The minimum absolute atomic E-state index is 0.0403. The molecule has 5 aromatic rings. The summed E-state index contributed by atoms with van der Waals surface area (Å²) in [5.74, 6) is 0.0293. The number of nitrogens with two attached hydrogens (primary N) is 1. The number of nitrogen functional groups attached to an aromatic ring is 1. The van der Waals surface area contributed by atoms with Gasteiger partial charge in [0, 0.05) is 61.4 Å². The van der Waals surface area contributed by atoms with E-state index >= 15 is 0 Å². The number of piperidine rings is 1. The number of aromatic hydroxyl groups is 1. The highest BCUT2D eigenvalue weighted by atomic mass is 32.1. The van der Waals surface area contributed by atoms with Crippen LogP contribution in [0.4, 0.5) is 5.82 Å². The van der Waals surface area contributed by atoms with Crippen molar-refractivity contribution in [1.29, 1.82) is 0 Å². The number of carbonyl (C=O) groups excluding carboxylic acids is 3. The van der Waals surface area contributed by atoms with Gasteiger partial charge in [-0.3, -0.25) is 19.1 Å². The van der Waals surface area contributed by atoms with Gasteiger partial charge in [0.25, 0.3) is 0 Å². The quantitative estimate of drug-likeness (QED) is 0.0879. The topological polar surface area (TPSA) is 205 Å². The summed E-state index contributed by atoms with van der Waals surface area (Å²) in [6.45, 7) is 11.1. The number of hydrogen-bond donors (Lipinski definition) is 5. The number of nitrogens with one attached hydrogen (secondary N) is 2. The Morgan fingerprint density at radius 3 is 2.37 bits per heavy atom. The number of thiazole rings is 1. The maximum Gasteiger partial charge on any atom is 0.246 e. The number of rotatable bonds is 13. The Kier molecular flexibility index (Phi) is 14.0. The number of aliphatic hydroxyl groups is 1. The number of phenolic OH excluding ortho intramolecular Hbond substituents is 1. The lowest BCUT2D eigenvalue weighted by Crippen LogP contribution is -2.58. The summed E-state index contributed by atoms with van der Waals surface area (Å²) in [5.41, 5.74) is 13.1. The van der Waals surface area contributed by atoms with Crippen molar-refractivity contribution >= 4 is 34.9 Å². The molecular formula is C49H62N10O5S. The van der Waals surface area contributed by atoms with Crippen molar-refractivity contribution in [3.05, 3.63) is 83.8 Å². The van der Waals surface area contributed by atoms with Crippen molar-refractivity contribution in [3.8, 4) is 38.6 Å². The number of aromatic nitrogens is 5. The van der Waals surface area contributed by atoms with Crippen LogP contribution in [0.1, 0.15) is 89.4 Å². The van der Waals surface area contributed by atoms with Gasteiger partial charge in [-0.1, -0.05) is 57.2 Å². The molecule has 3 fully saturated rings. The van der Waals surface area contributed by atoms with Crippen LogP contribution in [0.25, 0.3) is 32.8 Å². The largest absolute Gasteiger partial charge is 0.507 e. The number of aliphatic hydroxyl groups excluding tert-OH is 1. The third-order valence-electron chi connectivity index (χ3n) is 13.6. The fourth-order valence-corrected chi connectivity index (χ4v) is 10.5. The van der Waals surface area contributed by atoms with Crippen LogP contribution in [0.15, 0.2) is 72.5 Å². The van der Waals surface area contributed by atoms with Crippen molar-refractivity contribution in [2.24, 2.45) is 17.3 Å². The minimum Gasteiger partial charge on any atom is -0.507 e. The van der Waals surface area contributed by atoms with E-state index in [2.05, 4.69) is 30.7 Å². The fourth-order valence-electron chi connectivity index (χ4n) is 9.66. The number of benzene rings is 2. The number of anilines is 1. The zero-order valence-corrected chi connectivity index (χ0v) is 38.6. The van der Waals surface area contributed by atoms with E-state index in [0.29, 0.717) is 23.0 Å². The molecule has 0 radical (unpaired) electrons. The number of β-amino-alcohol motifs (C(OH)–C–C–N with tert-alkyl or cyclic N) is 1. The molecule has 0 spiro atoms. The summed E-state index contributed by atoms with van der Waals surface area (Å²) in [4.78, 5) is 51.1. The van der Waals surface area contributed by atoms with Crippen LogP contribution in [-0.2, 0) is 20.9 Å². The molecular weight excluding hydrogens is 841 g/mol. The van der Waals surface area contributed by atoms with Crippen LogP contribution in [0.5, 0.6) is 5.75 Å². The van der Waals surface area contributed by atoms with Gasteiger partial charge in [-0.2, -0.15) is 5.10 Å². The highest BCUT2D eigenvalue weighted by Crippen LogP contribution is 2.36. The predicted molar refractivity (Wildman–Crippen MR) is 251 cm³/mol. The molecule has 8 rings (SSSR count). The average Bonchev–Trinajstić information content (AvgIpc) is 4.07. The monoisotopic (exact) mass is 902 g/mol. The maximum atomic E-state index is 14.2. The Morgan fingerprint density at radius 1 is 0.938 bits per heavy atom. The molecule has 3 aromatic heterocycles. The summed E-state index contributed by atoms with van der Waals surface area (Å²) < 4.78 is 2.04. The Balaban J connectivity index is 0.782. The van der Waals surface area contributed by atoms with Crippen LogP contribution in [0, 0.1) is 24.2 Å². The third-order valence-corrected chi connectivity index (χ3v) is 14.6. The van der Waals surface area contributed by atoms with Crippen LogP contribution < -0.4 is 16.4 Å². The molecule has 0 unspecified atom stereocenters. The second kappa shape index (κ2) is 19.8. The highest BCUT2D eigenvalue weighted by Gasteiger charge is 2.45. The number of carbonyl (C=O) groups is 3. The first-order chi connectivity index (χ1) is 31.2. The summed E-state index contributed by atoms with van der Waals surface area (Å²) >= 11 is 1.59. The minimum atomic E-state index is -0.846. The van der Waals surface area contributed by atoms with Gasteiger partial charge < -0.3 is 36.4 Å². The molecule has 0 bridgehead atoms. The Hall–Kier alpha value is -5.71. The van der Waals surface area contributed by atoms with Gasteiger partial charge in [0.1, 0.15) is 17.8 Å². The molecule has 1 aliphatic carbocycles. The average molecular weight is 903 g/mol. The lowest BCUT2D eigenvalue weighted by Gasteiger charge is -2.37. The lowest BCUT2D eigenvalue weighted by molar-refractivity contribution is -0.144. The fraction of sp³-hybridized carbons (Fsp3) is 0.490. The van der Waals surface area contributed by atoms with E-state index in [-0.39, 0.29) is 54.9 Å². The van der Waals surface area contributed by atoms with E-state index in [9.17, 15) is 24.6 Å². The van der Waals surface area contributed by atoms with E-state index in [4.69, 9.17) is 10.8 Å². The third kappa shape index (κ3) is 10.7. The molecule has 2 aliphatic heterocycles. The molecule has 1 saturated carbocycles. The molecule has 2 saturated heterocycles. The molecule has 6 N–H and O–H groups in total. The number of hydrogen-bond acceptors (Lipinski definition) is 12. The molecule has 344 valence electrons. The molecule has 16 heteroatoms. The summed E-state index contributed by atoms with van der Waals surface area (Å²) in [7, 11) is 0. The van der Waals surface area contributed by atoms with Crippen LogP contribution in [0.3, 0.4) is 0 Å². The maximum absolute atomic E-state index is 14.2. The molecule has 3 aliphatic rings. The zero-order chi connectivity index (χ0) is 45.8. The van der Waals surface area contributed by atoms with Gasteiger partial charge >= 0.3 is 0 Å².